The molecular weight excluding hydrogens is 388 g/mol. The lowest BCUT2D eigenvalue weighted by Gasteiger charge is -2.31. The summed E-state index contributed by atoms with van der Waals surface area (Å²) in [6.45, 7) is 6.09. The monoisotopic (exact) mass is 422 g/mol. The maximum atomic E-state index is 13.2. The Hall–Kier alpha value is -2.82. The number of hydrogen-bond acceptors (Lipinski definition) is 3. The van der Waals surface area contributed by atoms with Gasteiger partial charge in [-0.1, -0.05) is 55.7 Å². The van der Waals surface area contributed by atoms with Crippen molar-refractivity contribution in [2.24, 2.45) is 0 Å². The molecule has 1 aliphatic rings. The van der Waals surface area contributed by atoms with Gasteiger partial charge in [0.2, 0.25) is 5.91 Å². The fraction of sp³-hybridized carbons (Fsp3) is 0.462. The Morgan fingerprint density at radius 2 is 1.81 bits per heavy atom. The molecule has 0 aromatic heterocycles. The summed E-state index contributed by atoms with van der Waals surface area (Å²) in [5, 5.41) is 3.16. The van der Waals surface area contributed by atoms with Crippen molar-refractivity contribution >= 4 is 11.8 Å². The second-order valence-electron chi connectivity index (χ2n) is 8.57. The van der Waals surface area contributed by atoms with Gasteiger partial charge >= 0.3 is 0 Å². The normalized spacial score (nSPS) is 15.2. The van der Waals surface area contributed by atoms with Gasteiger partial charge in [0.25, 0.3) is 5.91 Å². The maximum absolute atomic E-state index is 13.2. The summed E-state index contributed by atoms with van der Waals surface area (Å²) in [6, 6.07) is 15.2. The highest BCUT2D eigenvalue weighted by atomic mass is 16.5. The molecule has 5 nitrogen and oxygen atoms in total. The molecule has 1 N–H and O–H groups in total. The fourth-order valence-electron chi connectivity index (χ4n) is 4.06. The highest BCUT2D eigenvalue weighted by Crippen LogP contribution is 2.19. The third-order valence-corrected chi connectivity index (χ3v) is 6.07. The minimum Gasteiger partial charge on any atom is -0.484 e. The van der Waals surface area contributed by atoms with Crippen molar-refractivity contribution in [3.63, 3.8) is 0 Å². The molecule has 2 aromatic rings. The number of benzene rings is 2. The zero-order valence-electron chi connectivity index (χ0n) is 18.9. The van der Waals surface area contributed by atoms with Crippen LogP contribution >= 0.6 is 0 Å². The van der Waals surface area contributed by atoms with Crippen molar-refractivity contribution in [1.82, 2.24) is 10.2 Å². The number of nitrogens with zero attached hydrogens (tertiary/aromatic N) is 1. The molecule has 1 saturated carbocycles. The summed E-state index contributed by atoms with van der Waals surface area (Å²) >= 11 is 0. The van der Waals surface area contributed by atoms with Crippen LogP contribution in [0.3, 0.4) is 0 Å². The van der Waals surface area contributed by atoms with Gasteiger partial charge < -0.3 is 15.0 Å². The van der Waals surface area contributed by atoms with E-state index in [4.69, 9.17) is 4.74 Å². The van der Waals surface area contributed by atoms with E-state index in [1.54, 1.807) is 11.8 Å². The van der Waals surface area contributed by atoms with Gasteiger partial charge in [-0.05, 0) is 62.4 Å². The number of rotatable bonds is 8. The van der Waals surface area contributed by atoms with Crippen LogP contribution in [-0.4, -0.2) is 35.4 Å². The van der Waals surface area contributed by atoms with Crippen molar-refractivity contribution < 1.29 is 14.3 Å². The summed E-state index contributed by atoms with van der Waals surface area (Å²) in [5.74, 6) is 0.365. The van der Waals surface area contributed by atoms with Crippen LogP contribution < -0.4 is 10.1 Å². The standard InChI is InChI=1S/C26H34N2O3/c1-19-10-9-15-24(16-19)31-18-25(29)28(17-22-12-8-7-11-20(22)2)21(3)26(30)27-23-13-5-4-6-14-23/h7-12,15-16,21,23H,4-6,13-14,17-18H2,1-3H3,(H,27,30)/t21-/m0/s1. The Labute approximate surface area is 185 Å². The number of hydrogen-bond donors (Lipinski definition) is 1. The van der Waals surface area contributed by atoms with Crippen LogP contribution in [0.1, 0.15) is 55.7 Å². The van der Waals surface area contributed by atoms with Crippen molar-refractivity contribution in [3.05, 3.63) is 65.2 Å². The molecule has 0 bridgehead atoms. The van der Waals surface area contributed by atoms with E-state index >= 15 is 0 Å². The first-order valence-electron chi connectivity index (χ1n) is 11.3. The zero-order chi connectivity index (χ0) is 22.2. The van der Waals surface area contributed by atoms with Crippen LogP contribution in [0, 0.1) is 13.8 Å². The number of carbonyl (C=O) groups is 2. The lowest BCUT2D eigenvalue weighted by molar-refractivity contribution is -0.142. The van der Waals surface area contributed by atoms with E-state index in [0.717, 1.165) is 42.4 Å². The Kier molecular flexibility index (Phi) is 8.10. The molecule has 5 heteroatoms. The maximum Gasteiger partial charge on any atom is 0.261 e. The number of ether oxygens (including phenoxy) is 1. The first kappa shape index (κ1) is 22.9. The molecule has 1 aliphatic carbocycles. The first-order valence-corrected chi connectivity index (χ1v) is 11.3. The van der Waals surface area contributed by atoms with Crippen molar-refractivity contribution in [3.8, 4) is 5.75 Å². The number of aryl methyl sites for hydroxylation is 2. The molecule has 31 heavy (non-hydrogen) atoms. The molecule has 0 unspecified atom stereocenters. The lowest BCUT2D eigenvalue weighted by atomic mass is 9.95. The second kappa shape index (κ2) is 11.0. The third-order valence-electron chi connectivity index (χ3n) is 6.07. The van der Waals surface area contributed by atoms with Crippen LogP contribution in [0.2, 0.25) is 0 Å². The van der Waals surface area contributed by atoms with Gasteiger partial charge in [-0.2, -0.15) is 0 Å². The van der Waals surface area contributed by atoms with Crippen LogP contribution in [-0.2, 0) is 16.1 Å². The summed E-state index contributed by atoms with van der Waals surface area (Å²) in [7, 11) is 0. The largest absolute Gasteiger partial charge is 0.484 e. The quantitative estimate of drug-likeness (QED) is 0.679. The van der Waals surface area contributed by atoms with Crippen LogP contribution in [0.5, 0.6) is 5.75 Å². The van der Waals surface area contributed by atoms with Crippen molar-refractivity contribution in [2.45, 2.75) is 71.5 Å². The van der Waals surface area contributed by atoms with E-state index < -0.39 is 6.04 Å². The molecular formula is C26H34N2O3. The van der Waals surface area contributed by atoms with E-state index in [9.17, 15) is 9.59 Å². The minimum atomic E-state index is -0.574. The Bertz CT molecular complexity index is 890. The predicted octanol–water partition coefficient (Wildman–Crippen LogP) is 4.55. The SMILES string of the molecule is Cc1cccc(OCC(=O)N(Cc2ccccc2C)[C@@H](C)C(=O)NC2CCCCC2)c1. The van der Waals surface area contributed by atoms with E-state index in [1.807, 2.05) is 62.4 Å². The third kappa shape index (κ3) is 6.58. The van der Waals surface area contributed by atoms with Gasteiger partial charge in [0.1, 0.15) is 11.8 Å². The highest BCUT2D eigenvalue weighted by molar-refractivity contribution is 5.88. The van der Waals surface area contributed by atoms with E-state index in [1.165, 1.54) is 6.42 Å². The lowest BCUT2D eigenvalue weighted by Crippen LogP contribution is -2.51. The van der Waals surface area contributed by atoms with Crippen LogP contribution in [0.15, 0.2) is 48.5 Å². The molecule has 166 valence electrons. The van der Waals surface area contributed by atoms with Gasteiger partial charge in [0, 0.05) is 12.6 Å². The number of carbonyl (C=O) groups excluding carboxylic acids is 2. The van der Waals surface area contributed by atoms with Gasteiger partial charge in [-0.15, -0.1) is 0 Å². The molecule has 2 amide bonds. The van der Waals surface area contributed by atoms with E-state index in [2.05, 4.69) is 5.32 Å². The molecule has 0 radical (unpaired) electrons. The van der Waals surface area contributed by atoms with Crippen molar-refractivity contribution in [1.29, 1.82) is 0 Å². The van der Waals surface area contributed by atoms with E-state index in [0.29, 0.717) is 12.3 Å². The van der Waals surface area contributed by atoms with E-state index in [-0.39, 0.29) is 24.5 Å². The molecule has 0 spiro atoms. The number of nitrogens with one attached hydrogen (secondary N) is 1. The second-order valence-corrected chi connectivity index (χ2v) is 8.57. The smallest absolute Gasteiger partial charge is 0.261 e. The van der Waals surface area contributed by atoms with Gasteiger partial charge in [-0.25, -0.2) is 0 Å². The molecule has 0 saturated heterocycles. The summed E-state index contributed by atoms with van der Waals surface area (Å²) in [6.07, 6.45) is 5.56. The minimum absolute atomic E-state index is 0.0932. The first-order chi connectivity index (χ1) is 14.9. The van der Waals surface area contributed by atoms with Gasteiger partial charge in [-0.3, -0.25) is 9.59 Å². The van der Waals surface area contributed by atoms with Crippen molar-refractivity contribution in [2.75, 3.05) is 6.61 Å². The Balaban J connectivity index is 1.72. The highest BCUT2D eigenvalue weighted by Gasteiger charge is 2.28. The average molecular weight is 423 g/mol. The molecule has 1 fully saturated rings. The van der Waals surface area contributed by atoms with Gasteiger partial charge in [0.05, 0.1) is 0 Å². The zero-order valence-corrected chi connectivity index (χ0v) is 18.9. The number of amides is 2. The molecule has 0 heterocycles. The summed E-state index contributed by atoms with van der Waals surface area (Å²) < 4.78 is 5.75. The molecule has 2 aromatic carbocycles. The average Bonchev–Trinajstić information content (AvgIpc) is 2.77. The predicted molar refractivity (Wildman–Crippen MR) is 123 cm³/mol. The molecule has 0 aliphatic heterocycles. The molecule has 1 atom stereocenters. The topological polar surface area (TPSA) is 58.6 Å². The summed E-state index contributed by atoms with van der Waals surface area (Å²) in [4.78, 5) is 27.8. The summed E-state index contributed by atoms with van der Waals surface area (Å²) in [5.41, 5.74) is 3.20. The fourth-order valence-corrected chi connectivity index (χ4v) is 4.06. The molecule has 3 rings (SSSR count). The van der Waals surface area contributed by atoms with Crippen LogP contribution in [0.25, 0.3) is 0 Å². The Morgan fingerprint density at radius 3 is 2.52 bits per heavy atom. The van der Waals surface area contributed by atoms with Gasteiger partial charge in [0.15, 0.2) is 6.61 Å². The van der Waals surface area contributed by atoms with Crippen LogP contribution in [0.4, 0.5) is 0 Å². The Morgan fingerprint density at radius 1 is 1.06 bits per heavy atom.